The number of aliphatic hydroxyl groups is 1. The highest BCUT2D eigenvalue weighted by atomic mass is 16.5. The zero-order valence-electron chi connectivity index (χ0n) is 15.3. The van der Waals surface area contributed by atoms with Gasteiger partial charge in [-0.15, -0.1) is 0 Å². The Morgan fingerprint density at radius 2 is 2.07 bits per heavy atom. The Morgan fingerprint density at radius 1 is 1.30 bits per heavy atom. The van der Waals surface area contributed by atoms with Crippen molar-refractivity contribution >= 4 is 17.5 Å². The van der Waals surface area contributed by atoms with Gasteiger partial charge >= 0.3 is 0 Å². The summed E-state index contributed by atoms with van der Waals surface area (Å²) < 4.78 is 5.23. The van der Waals surface area contributed by atoms with Gasteiger partial charge in [-0.25, -0.2) is 0 Å². The second-order valence-electron chi connectivity index (χ2n) is 7.37. The molecule has 2 aliphatic rings. The van der Waals surface area contributed by atoms with Gasteiger partial charge in [0.25, 0.3) is 5.91 Å². The molecule has 2 amide bonds. The quantitative estimate of drug-likeness (QED) is 0.888. The summed E-state index contributed by atoms with van der Waals surface area (Å²) in [5, 5.41) is 14.2. The number of carbonyl (C=O) groups excluding carboxylic acids is 2. The maximum absolute atomic E-state index is 12.8. The van der Waals surface area contributed by atoms with Gasteiger partial charge in [0.15, 0.2) is 0 Å². The highest BCUT2D eigenvalue weighted by Gasteiger charge is 2.35. The predicted octanol–water partition coefficient (Wildman–Crippen LogP) is 1.79. The first-order chi connectivity index (χ1) is 13.0. The molecular formula is C20H23N3O4. The molecule has 2 atom stereocenters. The van der Waals surface area contributed by atoms with Crippen LogP contribution in [-0.2, 0) is 11.2 Å². The lowest BCUT2D eigenvalue weighted by atomic mass is 10.0. The van der Waals surface area contributed by atoms with Crippen LogP contribution in [0.4, 0.5) is 5.69 Å². The summed E-state index contributed by atoms with van der Waals surface area (Å²) in [5.41, 5.74) is 2.20. The third kappa shape index (κ3) is 3.60. The molecule has 7 heteroatoms. The van der Waals surface area contributed by atoms with E-state index in [9.17, 15) is 14.7 Å². The normalized spacial score (nSPS) is 22.7. The van der Waals surface area contributed by atoms with Crippen LogP contribution in [0.3, 0.4) is 0 Å². The fourth-order valence-corrected chi connectivity index (χ4v) is 3.88. The molecule has 1 N–H and O–H groups in total. The maximum atomic E-state index is 12.8. The van der Waals surface area contributed by atoms with Gasteiger partial charge in [-0.1, -0.05) is 5.16 Å². The number of likely N-dealkylation sites (tertiary alicyclic amines) is 1. The third-order valence-corrected chi connectivity index (χ3v) is 5.33. The van der Waals surface area contributed by atoms with Gasteiger partial charge in [-0.05, 0) is 37.6 Å². The fourth-order valence-electron chi connectivity index (χ4n) is 3.88. The molecule has 27 heavy (non-hydrogen) atoms. The zero-order chi connectivity index (χ0) is 19.0. The summed E-state index contributed by atoms with van der Waals surface area (Å²) in [7, 11) is 0. The molecule has 2 aliphatic heterocycles. The number of aliphatic hydroxyl groups excluding tert-OH is 1. The van der Waals surface area contributed by atoms with Gasteiger partial charge < -0.3 is 19.4 Å². The third-order valence-electron chi connectivity index (χ3n) is 5.33. The molecule has 1 aromatic carbocycles. The molecule has 0 spiro atoms. The van der Waals surface area contributed by atoms with Gasteiger partial charge in [0.05, 0.1) is 11.8 Å². The standard InChI is InChI=1S/C20H23N3O4/c1-13-9-17(27-21-13)10-15-11-22(12-18(15)24)20(26)14-4-6-16(7-5-14)23-8-2-3-19(23)25/h4-7,9,15,18,24H,2-3,8,10-12H2,1H3/t15-,18+/m1/s1. The van der Waals surface area contributed by atoms with E-state index in [2.05, 4.69) is 5.16 Å². The molecule has 0 unspecified atom stereocenters. The lowest BCUT2D eigenvalue weighted by molar-refractivity contribution is -0.117. The minimum atomic E-state index is -0.583. The first-order valence-corrected chi connectivity index (χ1v) is 9.31. The van der Waals surface area contributed by atoms with Crippen molar-refractivity contribution in [2.75, 3.05) is 24.5 Å². The number of β-amino-alcohol motifs (C(OH)–C–C–N with tert-alkyl or cyclic N) is 1. The van der Waals surface area contributed by atoms with Crippen LogP contribution in [0.25, 0.3) is 0 Å². The number of aromatic nitrogens is 1. The molecule has 0 saturated carbocycles. The van der Waals surface area contributed by atoms with E-state index in [0.717, 1.165) is 30.1 Å². The van der Waals surface area contributed by atoms with E-state index < -0.39 is 6.10 Å². The first-order valence-electron chi connectivity index (χ1n) is 9.31. The lowest BCUT2D eigenvalue weighted by Gasteiger charge is -2.18. The molecule has 0 aliphatic carbocycles. The van der Waals surface area contributed by atoms with E-state index in [4.69, 9.17) is 4.52 Å². The van der Waals surface area contributed by atoms with E-state index >= 15 is 0 Å². The van der Waals surface area contributed by atoms with Crippen molar-refractivity contribution in [1.82, 2.24) is 10.1 Å². The Morgan fingerprint density at radius 3 is 2.70 bits per heavy atom. The summed E-state index contributed by atoms with van der Waals surface area (Å²) in [4.78, 5) is 28.1. The summed E-state index contributed by atoms with van der Waals surface area (Å²) in [6, 6.07) is 9.00. The average molecular weight is 369 g/mol. The van der Waals surface area contributed by atoms with Crippen LogP contribution < -0.4 is 4.90 Å². The summed E-state index contributed by atoms with van der Waals surface area (Å²) in [5.74, 6) is 0.681. The first kappa shape index (κ1) is 17.7. The number of amides is 2. The molecule has 2 aromatic rings. The van der Waals surface area contributed by atoms with Gasteiger partial charge in [0.2, 0.25) is 5.91 Å². The number of rotatable bonds is 4. The largest absolute Gasteiger partial charge is 0.391 e. The van der Waals surface area contributed by atoms with Crippen LogP contribution in [0.15, 0.2) is 34.9 Å². The van der Waals surface area contributed by atoms with Crippen LogP contribution in [-0.4, -0.2) is 52.7 Å². The van der Waals surface area contributed by atoms with Crippen molar-refractivity contribution in [2.45, 2.75) is 32.3 Å². The zero-order valence-corrected chi connectivity index (χ0v) is 15.3. The van der Waals surface area contributed by atoms with E-state index in [1.807, 2.05) is 25.1 Å². The number of nitrogens with zero attached hydrogens (tertiary/aromatic N) is 3. The van der Waals surface area contributed by atoms with Crippen molar-refractivity contribution in [1.29, 1.82) is 0 Å². The molecule has 1 aromatic heterocycles. The predicted molar refractivity (Wildman–Crippen MR) is 98.4 cm³/mol. The van der Waals surface area contributed by atoms with E-state index in [1.54, 1.807) is 21.9 Å². The smallest absolute Gasteiger partial charge is 0.253 e. The second-order valence-corrected chi connectivity index (χ2v) is 7.37. The van der Waals surface area contributed by atoms with E-state index in [-0.39, 0.29) is 17.7 Å². The van der Waals surface area contributed by atoms with Crippen LogP contribution >= 0.6 is 0 Å². The van der Waals surface area contributed by atoms with Gasteiger partial charge in [0, 0.05) is 55.7 Å². The Labute approximate surface area is 157 Å². The number of aryl methyl sites for hydroxylation is 1. The van der Waals surface area contributed by atoms with E-state index in [0.29, 0.717) is 31.5 Å². The number of hydrogen-bond acceptors (Lipinski definition) is 5. The SMILES string of the molecule is Cc1cc(C[C@@H]2CN(C(=O)c3ccc(N4CCCC4=O)cc3)C[C@@H]2O)on1. The average Bonchev–Trinajstić information content (AvgIpc) is 3.36. The molecule has 7 nitrogen and oxygen atoms in total. The minimum absolute atomic E-state index is 0.0669. The number of anilines is 1. The fraction of sp³-hybridized carbons (Fsp3) is 0.450. The highest BCUT2D eigenvalue weighted by Crippen LogP contribution is 2.25. The molecule has 2 fully saturated rings. The van der Waals surface area contributed by atoms with E-state index in [1.165, 1.54) is 0 Å². The van der Waals surface area contributed by atoms with Crippen molar-refractivity contribution in [3.63, 3.8) is 0 Å². The molecule has 0 bridgehead atoms. The Bertz CT molecular complexity index is 845. The van der Waals surface area contributed by atoms with Crippen LogP contribution in [0, 0.1) is 12.8 Å². The molecule has 4 rings (SSSR count). The van der Waals surface area contributed by atoms with Gasteiger partial charge in [-0.2, -0.15) is 0 Å². The van der Waals surface area contributed by atoms with Gasteiger partial charge in [0.1, 0.15) is 5.76 Å². The second kappa shape index (κ2) is 7.15. The lowest BCUT2D eigenvalue weighted by Crippen LogP contribution is -2.29. The van der Waals surface area contributed by atoms with Crippen LogP contribution in [0.1, 0.15) is 34.7 Å². The van der Waals surface area contributed by atoms with Gasteiger partial charge in [-0.3, -0.25) is 9.59 Å². The minimum Gasteiger partial charge on any atom is -0.391 e. The molecular weight excluding hydrogens is 346 g/mol. The van der Waals surface area contributed by atoms with Crippen molar-refractivity contribution in [3.8, 4) is 0 Å². The van der Waals surface area contributed by atoms with Crippen molar-refractivity contribution < 1.29 is 19.2 Å². The summed E-state index contributed by atoms with van der Waals surface area (Å²) >= 11 is 0. The number of benzene rings is 1. The molecule has 3 heterocycles. The Hall–Kier alpha value is -2.67. The summed E-state index contributed by atoms with van der Waals surface area (Å²) in [6.45, 7) is 3.37. The number of hydrogen-bond donors (Lipinski definition) is 1. The van der Waals surface area contributed by atoms with Crippen LogP contribution in [0.2, 0.25) is 0 Å². The Balaban J connectivity index is 1.41. The highest BCUT2D eigenvalue weighted by molar-refractivity contribution is 5.97. The monoisotopic (exact) mass is 369 g/mol. The van der Waals surface area contributed by atoms with Crippen molar-refractivity contribution in [2.24, 2.45) is 5.92 Å². The topological polar surface area (TPSA) is 86.9 Å². The number of carbonyl (C=O) groups is 2. The maximum Gasteiger partial charge on any atom is 0.253 e. The van der Waals surface area contributed by atoms with Crippen LogP contribution in [0.5, 0.6) is 0 Å². The Kier molecular flexibility index (Phi) is 4.70. The van der Waals surface area contributed by atoms with Crippen molar-refractivity contribution in [3.05, 3.63) is 47.3 Å². The molecule has 0 radical (unpaired) electrons. The summed E-state index contributed by atoms with van der Waals surface area (Å²) in [6.07, 6.45) is 1.43. The molecule has 2 saturated heterocycles. The molecule has 142 valence electrons.